The van der Waals surface area contributed by atoms with Crippen molar-refractivity contribution in [3.8, 4) is 11.5 Å². The molecule has 0 radical (unpaired) electrons. The van der Waals surface area contributed by atoms with E-state index in [4.69, 9.17) is 9.47 Å². The fourth-order valence-corrected chi connectivity index (χ4v) is 4.35. The van der Waals surface area contributed by atoms with Crippen LogP contribution in [-0.4, -0.2) is 40.2 Å². The molecular formula is C22H27N3O4. The van der Waals surface area contributed by atoms with Gasteiger partial charge in [0.1, 0.15) is 0 Å². The minimum absolute atomic E-state index is 0.0207. The molecule has 2 aliphatic heterocycles. The topological polar surface area (TPSA) is 73.7 Å². The number of piperidine rings is 1. The maximum Gasteiger partial charge on any atom is 0.348 e. The summed E-state index contributed by atoms with van der Waals surface area (Å²) < 4.78 is 12.5. The smallest absolute Gasteiger partial charge is 0.348 e. The molecular weight excluding hydrogens is 370 g/mol. The molecule has 4 rings (SSSR count). The van der Waals surface area contributed by atoms with E-state index in [0.29, 0.717) is 31.7 Å². The molecule has 1 atom stereocenters. The van der Waals surface area contributed by atoms with E-state index in [1.165, 1.54) is 5.56 Å². The Morgan fingerprint density at radius 3 is 2.69 bits per heavy atom. The lowest BCUT2D eigenvalue weighted by Gasteiger charge is -2.40. The number of carbonyl (C=O) groups is 1. The van der Waals surface area contributed by atoms with Crippen molar-refractivity contribution in [2.75, 3.05) is 19.9 Å². The van der Waals surface area contributed by atoms with Gasteiger partial charge in [0, 0.05) is 37.4 Å². The predicted molar refractivity (Wildman–Crippen MR) is 108 cm³/mol. The molecule has 2 aromatic rings. The molecule has 154 valence electrons. The number of benzene rings is 1. The van der Waals surface area contributed by atoms with Gasteiger partial charge in [-0.2, -0.15) is 4.98 Å². The molecule has 0 spiro atoms. The summed E-state index contributed by atoms with van der Waals surface area (Å²) in [5.74, 6) is 1.72. The van der Waals surface area contributed by atoms with Crippen molar-refractivity contribution in [3.05, 3.63) is 51.7 Å². The second kappa shape index (κ2) is 7.54. The minimum Gasteiger partial charge on any atom is -0.454 e. The number of hydrogen-bond acceptors (Lipinski definition) is 5. The summed E-state index contributed by atoms with van der Waals surface area (Å²) in [4.78, 5) is 30.6. The highest BCUT2D eigenvalue weighted by molar-refractivity contribution is 5.77. The number of aromatic nitrogens is 2. The zero-order valence-corrected chi connectivity index (χ0v) is 17.2. The lowest BCUT2D eigenvalue weighted by Crippen LogP contribution is -2.47. The molecule has 7 nitrogen and oxygen atoms in total. The van der Waals surface area contributed by atoms with Gasteiger partial charge < -0.3 is 14.4 Å². The molecule has 0 saturated carbocycles. The zero-order valence-electron chi connectivity index (χ0n) is 17.2. The Labute approximate surface area is 170 Å². The van der Waals surface area contributed by atoms with Gasteiger partial charge in [0.15, 0.2) is 11.5 Å². The second-order valence-corrected chi connectivity index (χ2v) is 8.46. The Hall–Kier alpha value is -2.83. The molecule has 2 aliphatic rings. The number of rotatable bonds is 5. The van der Waals surface area contributed by atoms with Gasteiger partial charge in [-0.15, -0.1) is 0 Å². The molecule has 0 aliphatic carbocycles. The highest BCUT2D eigenvalue weighted by Gasteiger charge is 2.35. The summed E-state index contributed by atoms with van der Waals surface area (Å²) in [5, 5.41) is 0. The van der Waals surface area contributed by atoms with E-state index in [9.17, 15) is 9.59 Å². The summed E-state index contributed by atoms with van der Waals surface area (Å²) >= 11 is 0. The monoisotopic (exact) mass is 397 g/mol. The van der Waals surface area contributed by atoms with Gasteiger partial charge in [-0.1, -0.05) is 13.0 Å². The third-order valence-corrected chi connectivity index (χ3v) is 5.88. The van der Waals surface area contributed by atoms with Gasteiger partial charge in [-0.3, -0.25) is 9.36 Å². The van der Waals surface area contributed by atoms with Crippen molar-refractivity contribution in [2.24, 2.45) is 5.41 Å². The quantitative estimate of drug-likeness (QED) is 0.775. The van der Waals surface area contributed by atoms with Crippen molar-refractivity contribution in [1.82, 2.24) is 14.5 Å². The zero-order chi connectivity index (χ0) is 20.6. The summed E-state index contributed by atoms with van der Waals surface area (Å²) in [5.41, 5.74) is 2.49. The highest BCUT2D eigenvalue weighted by Crippen LogP contribution is 2.37. The number of ether oxygens (including phenoxy) is 2. The summed E-state index contributed by atoms with van der Waals surface area (Å²) in [6.45, 7) is 7.86. The molecule has 0 N–H and O–H groups in total. The predicted octanol–water partition coefficient (Wildman–Crippen LogP) is 2.46. The van der Waals surface area contributed by atoms with Crippen LogP contribution in [0.3, 0.4) is 0 Å². The fourth-order valence-electron chi connectivity index (χ4n) is 4.35. The van der Waals surface area contributed by atoms with Crippen molar-refractivity contribution < 1.29 is 14.3 Å². The summed E-state index contributed by atoms with van der Waals surface area (Å²) in [6.07, 6.45) is 2.24. The van der Waals surface area contributed by atoms with Crippen LogP contribution < -0.4 is 15.2 Å². The lowest BCUT2D eigenvalue weighted by molar-refractivity contribution is -0.137. The highest BCUT2D eigenvalue weighted by atomic mass is 16.7. The van der Waals surface area contributed by atoms with E-state index in [0.717, 1.165) is 30.0 Å². The Morgan fingerprint density at radius 1 is 1.10 bits per heavy atom. The molecule has 1 unspecified atom stereocenters. The van der Waals surface area contributed by atoms with E-state index < -0.39 is 0 Å². The van der Waals surface area contributed by atoms with E-state index >= 15 is 0 Å². The number of hydrogen-bond donors (Lipinski definition) is 0. The standard InChI is InChI=1S/C22H27N3O4/c1-15-10-16(2)25(21(27)23-15)9-8-24-13-22(3,7-6-20(24)26)12-17-4-5-18-19(11-17)29-14-28-18/h4-5,10-11H,6-9,12-14H2,1-3H3. The Bertz CT molecular complexity index is 1000. The third-order valence-electron chi connectivity index (χ3n) is 5.88. The molecule has 1 aromatic heterocycles. The average Bonchev–Trinajstić information content (AvgIpc) is 3.11. The van der Waals surface area contributed by atoms with Crippen molar-refractivity contribution in [1.29, 1.82) is 0 Å². The van der Waals surface area contributed by atoms with E-state index in [1.807, 2.05) is 36.9 Å². The van der Waals surface area contributed by atoms with Crippen LogP contribution in [0, 0.1) is 19.3 Å². The lowest BCUT2D eigenvalue weighted by atomic mass is 9.76. The van der Waals surface area contributed by atoms with Crippen molar-refractivity contribution >= 4 is 5.91 Å². The van der Waals surface area contributed by atoms with Crippen LogP contribution in [0.5, 0.6) is 11.5 Å². The Morgan fingerprint density at radius 2 is 1.90 bits per heavy atom. The fraction of sp³-hybridized carbons (Fsp3) is 0.500. The van der Waals surface area contributed by atoms with Crippen LogP contribution in [0.4, 0.5) is 0 Å². The van der Waals surface area contributed by atoms with Gasteiger partial charge in [0.05, 0.1) is 0 Å². The van der Waals surface area contributed by atoms with E-state index in [1.54, 1.807) is 4.57 Å². The largest absolute Gasteiger partial charge is 0.454 e. The number of likely N-dealkylation sites (tertiary alicyclic amines) is 1. The maximum atomic E-state index is 12.5. The van der Waals surface area contributed by atoms with Crippen LogP contribution in [0.25, 0.3) is 0 Å². The molecule has 1 amide bonds. The number of amides is 1. The van der Waals surface area contributed by atoms with Crippen LogP contribution in [0.15, 0.2) is 29.1 Å². The molecule has 0 bridgehead atoms. The Kier molecular flexibility index (Phi) is 5.06. The molecule has 3 heterocycles. The summed E-state index contributed by atoms with van der Waals surface area (Å²) in [6, 6.07) is 7.95. The van der Waals surface area contributed by atoms with Crippen LogP contribution >= 0.6 is 0 Å². The van der Waals surface area contributed by atoms with Gasteiger partial charge in [-0.25, -0.2) is 4.79 Å². The first-order chi connectivity index (χ1) is 13.8. The van der Waals surface area contributed by atoms with Crippen LogP contribution in [0.2, 0.25) is 0 Å². The Balaban J connectivity index is 1.45. The maximum absolute atomic E-state index is 12.5. The van der Waals surface area contributed by atoms with Crippen molar-refractivity contribution in [2.45, 2.75) is 46.6 Å². The summed E-state index contributed by atoms with van der Waals surface area (Å²) in [7, 11) is 0. The first kappa shape index (κ1) is 19.5. The van der Waals surface area contributed by atoms with Gasteiger partial charge in [-0.05, 0) is 55.9 Å². The number of aryl methyl sites for hydroxylation is 2. The molecule has 1 fully saturated rings. The van der Waals surface area contributed by atoms with Gasteiger partial charge >= 0.3 is 5.69 Å². The van der Waals surface area contributed by atoms with Crippen molar-refractivity contribution in [3.63, 3.8) is 0 Å². The third kappa shape index (κ3) is 4.13. The SMILES string of the molecule is Cc1cc(C)n(CCN2CC(C)(Cc3ccc4c(c3)OCO4)CCC2=O)c(=O)n1. The van der Waals surface area contributed by atoms with Gasteiger partial charge in [0.25, 0.3) is 0 Å². The number of carbonyl (C=O) groups excluding carboxylic acids is 1. The molecule has 29 heavy (non-hydrogen) atoms. The first-order valence-corrected chi connectivity index (χ1v) is 10.0. The molecule has 1 aromatic carbocycles. The van der Waals surface area contributed by atoms with E-state index in [-0.39, 0.29) is 23.8 Å². The second-order valence-electron chi connectivity index (χ2n) is 8.46. The van der Waals surface area contributed by atoms with Crippen LogP contribution in [-0.2, 0) is 17.8 Å². The van der Waals surface area contributed by atoms with Gasteiger partial charge in [0.2, 0.25) is 12.7 Å². The molecule has 1 saturated heterocycles. The average molecular weight is 397 g/mol. The van der Waals surface area contributed by atoms with E-state index in [2.05, 4.69) is 18.0 Å². The van der Waals surface area contributed by atoms with Crippen LogP contribution in [0.1, 0.15) is 36.7 Å². The number of nitrogens with zero attached hydrogens (tertiary/aromatic N) is 3. The minimum atomic E-state index is -0.255. The first-order valence-electron chi connectivity index (χ1n) is 10.0. The number of fused-ring (bicyclic) bond motifs is 1. The molecule has 7 heteroatoms. The normalized spacial score (nSPS) is 20.9.